The summed E-state index contributed by atoms with van der Waals surface area (Å²) in [5.41, 5.74) is 1.26. The summed E-state index contributed by atoms with van der Waals surface area (Å²) in [7, 11) is 3.63. The van der Waals surface area contributed by atoms with Gasteiger partial charge in [-0.05, 0) is 49.3 Å². The third-order valence-corrected chi connectivity index (χ3v) is 4.87. The molecule has 1 aliphatic heterocycles. The van der Waals surface area contributed by atoms with Gasteiger partial charge >= 0.3 is 0 Å². The summed E-state index contributed by atoms with van der Waals surface area (Å²) >= 11 is 0. The van der Waals surface area contributed by atoms with E-state index >= 15 is 0 Å². The van der Waals surface area contributed by atoms with Gasteiger partial charge in [-0.3, -0.25) is 14.7 Å². The summed E-state index contributed by atoms with van der Waals surface area (Å²) in [6, 6.07) is 4.39. The second-order valence-electron chi connectivity index (χ2n) is 6.99. The molecule has 5 heteroatoms. The van der Waals surface area contributed by atoms with Crippen LogP contribution >= 0.6 is 0 Å². The molecule has 0 bridgehead atoms. The molecule has 1 saturated carbocycles. The highest BCUT2D eigenvalue weighted by Crippen LogP contribution is 2.31. The molecule has 2 fully saturated rings. The van der Waals surface area contributed by atoms with Crippen molar-refractivity contribution < 1.29 is 9.53 Å². The van der Waals surface area contributed by atoms with Crippen molar-refractivity contribution in [2.45, 2.75) is 37.8 Å². The fourth-order valence-electron chi connectivity index (χ4n) is 3.16. The lowest BCUT2D eigenvalue weighted by Crippen LogP contribution is -2.43. The van der Waals surface area contributed by atoms with Crippen molar-refractivity contribution in [2.75, 3.05) is 33.8 Å². The molecule has 23 heavy (non-hydrogen) atoms. The second-order valence-corrected chi connectivity index (χ2v) is 6.99. The molecule has 0 aromatic carbocycles. The van der Waals surface area contributed by atoms with Gasteiger partial charge in [0, 0.05) is 45.7 Å². The zero-order valence-corrected chi connectivity index (χ0v) is 14.1. The van der Waals surface area contributed by atoms with E-state index in [0.29, 0.717) is 6.54 Å². The summed E-state index contributed by atoms with van der Waals surface area (Å²) < 4.78 is 6.20. The number of rotatable bonds is 7. The lowest BCUT2D eigenvalue weighted by atomic mass is 10.0. The molecule has 0 unspecified atom stereocenters. The van der Waals surface area contributed by atoms with Gasteiger partial charge in [0.05, 0.1) is 12.6 Å². The molecule has 1 aromatic rings. The first-order chi connectivity index (χ1) is 11.1. The average Bonchev–Trinajstić information content (AvgIpc) is 3.31. The molecule has 1 amide bonds. The van der Waals surface area contributed by atoms with Crippen LogP contribution in [0.2, 0.25) is 0 Å². The summed E-state index contributed by atoms with van der Waals surface area (Å²) in [4.78, 5) is 20.2. The number of pyridine rings is 1. The predicted molar refractivity (Wildman–Crippen MR) is 89.1 cm³/mol. The number of ether oxygens (including phenoxy) is 1. The van der Waals surface area contributed by atoms with Gasteiger partial charge in [-0.2, -0.15) is 0 Å². The third-order valence-electron chi connectivity index (χ3n) is 4.87. The summed E-state index contributed by atoms with van der Waals surface area (Å²) in [6.45, 7) is 2.30. The number of likely N-dealkylation sites (tertiary alicyclic amines) is 1. The Morgan fingerprint density at radius 2 is 2.04 bits per heavy atom. The van der Waals surface area contributed by atoms with E-state index in [1.165, 1.54) is 18.4 Å². The molecule has 126 valence electrons. The summed E-state index contributed by atoms with van der Waals surface area (Å²) in [5, 5.41) is 0. The van der Waals surface area contributed by atoms with Crippen molar-refractivity contribution >= 4 is 5.91 Å². The van der Waals surface area contributed by atoms with Crippen LogP contribution < -0.4 is 0 Å². The molecular formula is C18H27N3O2. The van der Waals surface area contributed by atoms with Crippen molar-refractivity contribution in [3.05, 3.63) is 30.1 Å². The van der Waals surface area contributed by atoms with Crippen LogP contribution in [0.15, 0.2) is 24.5 Å². The lowest BCUT2D eigenvalue weighted by Gasteiger charge is -2.28. The Morgan fingerprint density at radius 1 is 1.30 bits per heavy atom. The van der Waals surface area contributed by atoms with Crippen LogP contribution in [-0.4, -0.2) is 66.6 Å². The average molecular weight is 317 g/mol. The fraction of sp³-hybridized carbons (Fsp3) is 0.667. The molecule has 0 N–H and O–H groups in total. The maximum atomic E-state index is 12.1. The molecule has 1 saturated heterocycles. The standard InChI is InChI=1S/C18H27N3O2/c1-20(2)18(22)12-21-10-7-17(23-13-15-3-4-15)16(21)11-14-5-8-19-9-6-14/h5-6,8-9,15-17H,3-4,7,10-13H2,1-2H3/t16-,17+/m0/s1. The number of hydrogen-bond donors (Lipinski definition) is 0. The SMILES string of the molecule is CN(C)C(=O)CN1CC[C@@H](OCC2CC2)[C@@H]1Cc1ccncc1. The highest BCUT2D eigenvalue weighted by molar-refractivity contribution is 5.77. The van der Waals surface area contributed by atoms with Crippen LogP contribution in [0.3, 0.4) is 0 Å². The Hall–Kier alpha value is -1.46. The van der Waals surface area contributed by atoms with Crippen LogP contribution in [-0.2, 0) is 16.0 Å². The minimum Gasteiger partial charge on any atom is -0.376 e. The van der Waals surface area contributed by atoms with E-state index in [0.717, 1.165) is 31.9 Å². The molecule has 5 nitrogen and oxygen atoms in total. The topological polar surface area (TPSA) is 45.7 Å². The number of aromatic nitrogens is 1. The number of hydrogen-bond acceptors (Lipinski definition) is 4. The number of likely N-dealkylation sites (N-methyl/N-ethyl adjacent to an activating group) is 1. The van der Waals surface area contributed by atoms with Crippen molar-refractivity contribution in [1.82, 2.24) is 14.8 Å². The molecular weight excluding hydrogens is 290 g/mol. The Kier molecular flexibility index (Phi) is 5.28. The first-order valence-corrected chi connectivity index (χ1v) is 8.58. The van der Waals surface area contributed by atoms with Crippen LogP contribution in [0.4, 0.5) is 0 Å². The second kappa shape index (κ2) is 7.41. The molecule has 0 spiro atoms. The number of carbonyl (C=O) groups excluding carboxylic acids is 1. The van der Waals surface area contributed by atoms with Crippen LogP contribution in [0.25, 0.3) is 0 Å². The fourth-order valence-corrected chi connectivity index (χ4v) is 3.16. The van der Waals surface area contributed by atoms with Crippen LogP contribution in [0.5, 0.6) is 0 Å². The molecule has 0 radical (unpaired) electrons. The van der Waals surface area contributed by atoms with Gasteiger partial charge < -0.3 is 9.64 Å². The number of nitrogens with zero attached hydrogens (tertiary/aromatic N) is 3. The summed E-state index contributed by atoms with van der Waals surface area (Å²) in [5.74, 6) is 0.932. The van der Waals surface area contributed by atoms with Gasteiger partial charge in [-0.15, -0.1) is 0 Å². The van der Waals surface area contributed by atoms with Gasteiger partial charge in [0.25, 0.3) is 0 Å². The molecule has 2 heterocycles. The quantitative estimate of drug-likeness (QED) is 0.766. The summed E-state index contributed by atoms with van der Waals surface area (Å²) in [6.07, 6.45) is 8.45. The first-order valence-electron chi connectivity index (χ1n) is 8.58. The first kappa shape index (κ1) is 16.4. The smallest absolute Gasteiger partial charge is 0.236 e. The molecule has 2 atom stereocenters. The molecule has 1 aliphatic carbocycles. The van der Waals surface area contributed by atoms with E-state index in [4.69, 9.17) is 4.74 Å². The monoisotopic (exact) mass is 317 g/mol. The van der Waals surface area contributed by atoms with Crippen molar-refractivity contribution in [3.8, 4) is 0 Å². The Balaban J connectivity index is 1.65. The van der Waals surface area contributed by atoms with E-state index in [1.807, 2.05) is 26.5 Å². The Morgan fingerprint density at radius 3 is 2.70 bits per heavy atom. The van der Waals surface area contributed by atoms with Crippen molar-refractivity contribution in [3.63, 3.8) is 0 Å². The Bertz CT molecular complexity index is 516. The van der Waals surface area contributed by atoms with Crippen molar-refractivity contribution in [2.24, 2.45) is 5.92 Å². The van der Waals surface area contributed by atoms with Gasteiger partial charge in [-0.1, -0.05) is 0 Å². The van der Waals surface area contributed by atoms with Gasteiger partial charge in [0.1, 0.15) is 0 Å². The van der Waals surface area contributed by atoms with Crippen LogP contribution in [0, 0.1) is 5.92 Å². The van der Waals surface area contributed by atoms with Crippen LogP contribution in [0.1, 0.15) is 24.8 Å². The van der Waals surface area contributed by atoms with E-state index < -0.39 is 0 Å². The predicted octanol–water partition coefficient (Wildman–Crippen LogP) is 1.58. The molecule has 2 aliphatic rings. The maximum Gasteiger partial charge on any atom is 0.236 e. The highest BCUT2D eigenvalue weighted by atomic mass is 16.5. The van der Waals surface area contributed by atoms with E-state index in [-0.39, 0.29) is 18.1 Å². The largest absolute Gasteiger partial charge is 0.376 e. The third kappa shape index (κ3) is 4.52. The van der Waals surface area contributed by atoms with Gasteiger partial charge in [-0.25, -0.2) is 0 Å². The normalized spacial score (nSPS) is 24.8. The lowest BCUT2D eigenvalue weighted by molar-refractivity contribution is -0.130. The van der Waals surface area contributed by atoms with E-state index in [9.17, 15) is 4.79 Å². The van der Waals surface area contributed by atoms with Gasteiger partial charge in [0.15, 0.2) is 0 Å². The van der Waals surface area contributed by atoms with Gasteiger partial charge in [0.2, 0.25) is 5.91 Å². The zero-order valence-electron chi connectivity index (χ0n) is 14.1. The minimum absolute atomic E-state index is 0.160. The molecule has 1 aromatic heterocycles. The zero-order chi connectivity index (χ0) is 16.2. The van der Waals surface area contributed by atoms with Crippen molar-refractivity contribution in [1.29, 1.82) is 0 Å². The number of carbonyl (C=O) groups is 1. The Labute approximate surface area is 138 Å². The maximum absolute atomic E-state index is 12.1. The van der Waals surface area contributed by atoms with E-state index in [1.54, 1.807) is 4.90 Å². The highest BCUT2D eigenvalue weighted by Gasteiger charge is 2.37. The van der Waals surface area contributed by atoms with E-state index in [2.05, 4.69) is 22.0 Å². The number of amides is 1. The minimum atomic E-state index is 0.160. The molecule has 3 rings (SSSR count).